The quantitative estimate of drug-likeness (QED) is 0.370. The molecule has 3 aromatic heterocycles. The van der Waals surface area contributed by atoms with Crippen LogP contribution in [0.5, 0.6) is 5.75 Å². The maximum atomic E-state index is 14.0. The maximum absolute atomic E-state index is 14.0. The number of hydrogen-bond acceptors (Lipinski definition) is 5. The average molecular weight is 489 g/mol. The molecule has 4 rings (SSSR count). The molecule has 1 N–H and O–H groups in total. The fourth-order valence-electron chi connectivity index (χ4n) is 3.50. The second kappa shape index (κ2) is 10.3. The fourth-order valence-corrected chi connectivity index (χ4v) is 4.85. The number of halogens is 2. The highest BCUT2D eigenvalue weighted by atomic mass is 35.5. The summed E-state index contributed by atoms with van der Waals surface area (Å²) in [5.41, 5.74) is 3.77. The smallest absolute Gasteiger partial charge is 0.262 e. The molecule has 174 valence electrons. The van der Waals surface area contributed by atoms with Gasteiger partial charge in [0.1, 0.15) is 9.71 Å². The van der Waals surface area contributed by atoms with Crippen molar-refractivity contribution in [2.24, 2.45) is 7.05 Å². The summed E-state index contributed by atoms with van der Waals surface area (Å²) in [6.07, 6.45) is 3.56. The Hall–Kier alpha value is -2.97. The third-order valence-electron chi connectivity index (χ3n) is 5.05. The Kier molecular flexibility index (Phi) is 7.71. The van der Waals surface area contributed by atoms with Crippen LogP contribution in [0, 0.1) is 19.7 Å². The van der Waals surface area contributed by atoms with Crippen molar-refractivity contribution in [3.8, 4) is 16.9 Å². The third-order valence-corrected chi connectivity index (χ3v) is 6.69. The maximum Gasteiger partial charge on any atom is 0.262 e. The first-order chi connectivity index (χ1) is 15.8. The van der Waals surface area contributed by atoms with Crippen molar-refractivity contribution in [1.82, 2.24) is 20.1 Å². The number of fused-ring (bicyclic) bond motifs is 1. The number of aryl methyl sites for hydroxylation is 3. The zero-order valence-corrected chi connectivity index (χ0v) is 21.0. The van der Waals surface area contributed by atoms with Crippen LogP contribution in [0.2, 0.25) is 5.02 Å². The third kappa shape index (κ3) is 4.86. The van der Waals surface area contributed by atoms with Crippen molar-refractivity contribution in [2.45, 2.75) is 34.2 Å². The Morgan fingerprint density at radius 2 is 2.03 bits per heavy atom. The molecule has 0 fully saturated rings. The Morgan fingerprint density at radius 3 is 2.64 bits per heavy atom. The molecule has 0 aliphatic carbocycles. The number of carbonyl (C=O) groups is 1. The van der Waals surface area contributed by atoms with Gasteiger partial charge in [0, 0.05) is 36.3 Å². The molecule has 33 heavy (non-hydrogen) atoms. The van der Waals surface area contributed by atoms with Gasteiger partial charge in [0.05, 0.1) is 24.0 Å². The number of nitrogens with zero attached hydrogens (tertiary/aromatic N) is 3. The van der Waals surface area contributed by atoms with Crippen LogP contribution in [0.1, 0.15) is 40.3 Å². The van der Waals surface area contributed by atoms with Gasteiger partial charge in [0.2, 0.25) is 0 Å². The predicted octanol–water partition coefficient (Wildman–Crippen LogP) is 6.07. The summed E-state index contributed by atoms with van der Waals surface area (Å²) < 4.78 is 20.6. The largest absolute Gasteiger partial charge is 0.494 e. The first-order valence-electron chi connectivity index (χ1n) is 10.5. The number of amides is 1. The average Bonchev–Trinajstić information content (AvgIpc) is 3.40. The molecule has 1 aromatic carbocycles. The zero-order chi connectivity index (χ0) is 24.3. The number of methoxy groups -OCH3 is 1. The number of carbonyl (C=O) groups excluding carboxylic acids is 1. The van der Waals surface area contributed by atoms with Crippen molar-refractivity contribution in [3.63, 3.8) is 0 Å². The minimum Gasteiger partial charge on any atom is -0.494 e. The lowest BCUT2D eigenvalue weighted by atomic mass is 10.0. The highest BCUT2D eigenvalue weighted by Crippen LogP contribution is 2.42. The van der Waals surface area contributed by atoms with Gasteiger partial charge in [-0.3, -0.25) is 9.48 Å². The van der Waals surface area contributed by atoms with Gasteiger partial charge in [-0.2, -0.15) is 5.10 Å². The van der Waals surface area contributed by atoms with Gasteiger partial charge in [-0.25, -0.2) is 9.37 Å². The van der Waals surface area contributed by atoms with Crippen LogP contribution < -0.4 is 10.1 Å². The van der Waals surface area contributed by atoms with Crippen LogP contribution in [0.4, 0.5) is 4.39 Å². The van der Waals surface area contributed by atoms with Gasteiger partial charge in [-0.15, -0.1) is 11.3 Å². The van der Waals surface area contributed by atoms with E-state index in [-0.39, 0.29) is 18.2 Å². The lowest BCUT2D eigenvalue weighted by molar-refractivity contribution is 0.0955. The summed E-state index contributed by atoms with van der Waals surface area (Å²) in [7, 11) is 3.23. The molecule has 1 amide bonds. The molecule has 0 aliphatic rings. The summed E-state index contributed by atoms with van der Waals surface area (Å²) in [6, 6.07) is 4.60. The van der Waals surface area contributed by atoms with Crippen LogP contribution in [-0.4, -0.2) is 27.8 Å². The molecular formula is C24H26ClFN4O2S. The van der Waals surface area contributed by atoms with E-state index in [4.69, 9.17) is 16.3 Å². The summed E-state index contributed by atoms with van der Waals surface area (Å²) in [5.74, 6) is -0.587. The molecule has 6 nitrogen and oxygen atoms in total. The van der Waals surface area contributed by atoms with E-state index in [1.54, 1.807) is 16.9 Å². The van der Waals surface area contributed by atoms with Crippen LogP contribution in [0.15, 0.2) is 30.6 Å². The van der Waals surface area contributed by atoms with Crippen LogP contribution in [0.3, 0.4) is 0 Å². The van der Waals surface area contributed by atoms with Crippen LogP contribution >= 0.6 is 22.9 Å². The number of hydrogen-bond donors (Lipinski definition) is 1. The van der Waals surface area contributed by atoms with Crippen LogP contribution in [0.25, 0.3) is 21.3 Å². The van der Waals surface area contributed by atoms with Crippen LogP contribution in [-0.2, 0) is 13.6 Å². The molecular weight excluding hydrogens is 463 g/mol. The number of pyridine rings is 1. The number of nitrogens with one attached hydrogen (secondary N) is 1. The molecule has 0 bridgehead atoms. The van der Waals surface area contributed by atoms with Gasteiger partial charge in [-0.1, -0.05) is 31.5 Å². The van der Waals surface area contributed by atoms with Gasteiger partial charge in [0.15, 0.2) is 11.6 Å². The Bertz CT molecular complexity index is 1320. The standard InChI is InChI=1S/C22H20ClFN4O2S.C2H6/c1-11-17-18(14-9-26-28(3)10-14)20(31-22(17)27-12(2)19(11)23)21(29)25-8-13-5-6-16(30-4)15(24)7-13;1-2/h5-7,9-10H,8H2,1-4H3,(H,25,29);1-2H3. The molecule has 9 heteroatoms. The van der Waals surface area contributed by atoms with Crippen molar-refractivity contribution >= 4 is 39.1 Å². The number of rotatable bonds is 5. The van der Waals surface area contributed by atoms with Crippen molar-refractivity contribution in [3.05, 3.63) is 63.1 Å². The predicted molar refractivity (Wildman–Crippen MR) is 132 cm³/mol. The highest BCUT2D eigenvalue weighted by Gasteiger charge is 2.24. The van der Waals surface area contributed by atoms with Gasteiger partial charge in [0.25, 0.3) is 5.91 Å². The number of thiophene rings is 1. The molecule has 4 aromatic rings. The lowest BCUT2D eigenvalue weighted by Gasteiger charge is -2.08. The SMILES string of the molecule is CC.COc1ccc(CNC(=O)c2sc3nc(C)c(Cl)c(C)c3c2-c2cnn(C)c2)cc1F. The summed E-state index contributed by atoms with van der Waals surface area (Å²) in [5, 5.41) is 8.56. The molecule has 0 saturated heterocycles. The minimum atomic E-state index is -0.475. The first-order valence-corrected chi connectivity index (χ1v) is 11.7. The Labute approximate surface area is 201 Å². The van der Waals surface area contributed by atoms with E-state index < -0.39 is 5.82 Å². The van der Waals surface area contributed by atoms with Crippen molar-refractivity contribution in [1.29, 1.82) is 0 Å². The monoisotopic (exact) mass is 488 g/mol. The Balaban J connectivity index is 0.00000149. The molecule has 0 spiro atoms. The molecule has 0 aliphatic heterocycles. The highest BCUT2D eigenvalue weighted by molar-refractivity contribution is 7.21. The van der Waals surface area contributed by atoms with E-state index in [0.29, 0.717) is 21.2 Å². The Morgan fingerprint density at radius 1 is 1.30 bits per heavy atom. The van der Waals surface area contributed by atoms with E-state index in [9.17, 15) is 9.18 Å². The topological polar surface area (TPSA) is 69.0 Å². The van der Waals surface area contributed by atoms with Crippen molar-refractivity contribution < 1.29 is 13.9 Å². The summed E-state index contributed by atoms with van der Waals surface area (Å²) in [4.78, 5) is 19.0. The first kappa shape index (κ1) is 24.7. The van der Waals surface area contributed by atoms with Crippen molar-refractivity contribution in [2.75, 3.05) is 7.11 Å². The normalized spacial score (nSPS) is 10.7. The molecule has 0 atom stereocenters. The summed E-state index contributed by atoms with van der Waals surface area (Å²) >= 11 is 7.77. The number of benzene rings is 1. The van der Waals surface area contributed by atoms with E-state index in [1.807, 2.05) is 40.9 Å². The number of ether oxygens (including phenoxy) is 1. The van der Waals surface area contributed by atoms with E-state index in [1.165, 1.54) is 30.6 Å². The fraction of sp³-hybridized carbons (Fsp3) is 0.292. The van der Waals surface area contributed by atoms with Gasteiger partial charge < -0.3 is 10.1 Å². The number of aromatic nitrogens is 3. The minimum absolute atomic E-state index is 0.159. The zero-order valence-electron chi connectivity index (χ0n) is 19.4. The van der Waals surface area contributed by atoms with E-state index in [0.717, 1.165) is 26.9 Å². The second-order valence-corrected chi connectivity index (χ2v) is 8.55. The van der Waals surface area contributed by atoms with Gasteiger partial charge in [-0.05, 0) is 37.1 Å². The molecule has 0 unspecified atom stereocenters. The lowest BCUT2D eigenvalue weighted by Crippen LogP contribution is -2.22. The van der Waals surface area contributed by atoms with E-state index >= 15 is 0 Å². The summed E-state index contributed by atoms with van der Waals surface area (Å²) in [6.45, 7) is 7.94. The van der Waals surface area contributed by atoms with Gasteiger partial charge >= 0.3 is 0 Å². The van der Waals surface area contributed by atoms with E-state index in [2.05, 4.69) is 15.4 Å². The molecule has 3 heterocycles. The second-order valence-electron chi connectivity index (χ2n) is 7.18. The molecule has 0 saturated carbocycles. The molecule has 0 radical (unpaired) electrons.